The molecule has 2 aromatic rings. The number of benzene rings is 2. The minimum Gasteiger partial charge on any atom is -0.399 e. The van der Waals surface area contributed by atoms with Crippen LogP contribution >= 0.6 is 35.0 Å². The third kappa shape index (κ3) is 3.53. The second-order valence-corrected chi connectivity index (χ2v) is 5.86. The van der Waals surface area contributed by atoms with Crippen LogP contribution < -0.4 is 5.73 Å². The van der Waals surface area contributed by atoms with Crippen molar-refractivity contribution in [1.82, 2.24) is 0 Å². The van der Waals surface area contributed by atoms with Crippen LogP contribution in [0.4, 0.5) is 18.9 Å². The summed E-state index contributed by atoms with van der Waals surface area (Å²) in [7, 11) is 0. The first-order chi connectivity index (χ1) is 9.27. The molecule has 0 fully saturated rings. The van der Waals surface area contributed by atoms with Crippen LogP contribution in [0.3, 0.4) is 0 Å². The summed E-state index contributed by atoms with van der Waals surface area (Å²) in [5, 5.41) is 0.722. The molecule has 0 heterocycles. The van der Waals surface area contributed by atoms with E-state index in [2.05, 4.69) is 0 Å². The van der Waals surface area contributed by atoms with E-state index in [1.807, 2.05) is 0 Å². The van der Waals surface area contributed by atoms with Gasteiger partial charge in [0.05, 0.1) is 10.6 Å². The zero-order valence-corrected chi connectivity index (χ0v) is 12.2. The van der Waals surface area contributed by atoms with E-state index >= 15 is 0 Å². The smallest absolute Gasteiger partial charge is 0.399 e. The molecule has 2 aromatic carbocycles. The number of anilines is 1. The molecule has 0 aliphatic rings. The normalized spacial score (nSPS) is 11.7. The Balaban J connectivity index is 2.43. The molecule has 2 N–H and O–H groups in total. The Morgan fingerprint density at radius 2 is 1.60 bits per heavy atom. The highest BCUT2D eigenvalue weighted by Crippen LogP contribution is 2.42. The van der Waals surface area contributed by atoms with Crippen LogP contribution in [0.15, 0.2) is 46.2 Å². The van der Waals surface area contributed by atoms with Crippen molar-refractivity contribution in [2.45, 2.75) is 16.0 Å². The summed E-state index contributed by atoms with van der Waals surface area (Å²) >= 11 is 12.6. The zero-order valence-electron chi connectivity index (χ0n) is 9.84. The Bertz CT molecular complexity index is 644. The monoisotopic (exact) mass is 337 g/mol. The van der Waals surface area contributed by atoms with Crippen LogP contribution in [0.25, 0.3) is 0 Å². The Morgan fingerprint density at radius 3 is 2.20 bits per heavy atom. The number of rotatable bonds is 2. The number of nitrogen functional groups attached to an aromatic ring is 1. The molecule has 7 heteroatoms. The molecule has 0 unspecified atom stereocenters. The fourth-order valence-corrected chi connectivity index (χ4v) is 3.01. The molecule has 0 spiro atoms. The average Bonchev–Trinajstić information content (AvgIpc) is 2.33. The number of hydrogen-bond donors (Lipinski definition) is 1. The zero-order chi connectivity index (χ0) is 14.9. The van der Waals surface area contributed by atoms with Gasteiger partial charge in [0.25, 0.3) is 0 Å². The summed E-state index contributed by atoms with van der Waals surface area (Å²) in [6.07, 6.45) is -4.48. The highest BCUT2D eigenvalue weighted by Gasteiger charge is 2.34. The Kier molecular flexibility index (Phi) is 4.42. The fraction of sp³-hybridized carbons (Fsp3) is 0.0769. The highest BCUT2D eigenvalue weighted by atomic mass is 35.5. The largest absolute Gasteiger partial charge is 0.417 e. The van der Waals surface area contributed by atoms with E-state index in [0.29, 0.717) is 14.9 Å². The van der Waals surface area contributed by atoms with Gasteiger partial charge < -0.3 is 5.73 Å². The third-order valence-electron chi connectivity index (χ3n) is 2.42. The Labute approximate surface area is 127 Å². The molecule has 0 bridgehead atoms. The van der Waals surface area contributed by atoms with Crippen molar-refractivity contribution in [3.05, 3.63) is 52.0 Å². The molecule has 20 heavy (non-hydrogen) atoms. The number of alkyl halides is 3. The van der Waals surface area contributed by atoms with Crippen molar-refractivity contribution in [2.75, 3.05) is 5.73 Å². The van der Waals surface area contributed by atoms with E-state index in [9.17, 15) is 13.2 Å². The molecule has 0 saturated heterocycles. The van der Waals surface area contributed by atoms with Gasteiger partial charge in [-0.05, 0) is 36.4 Å². The summed E-state index contributed by atoms with van der Waals surface area (Å²) in [5.74, 6) is 0. The van der Waals surface area contributed by atoms with Crippen LogP contribution in [0.2, 0.25) is 10.0 Å². The summed E-state index contributed by atoms with van der Waals surface area (Å²) in [6.45, 7) is 0. The standard InChI is InChI=1S/C13H8Cl2F3NS/c14-7-1-3-12(10(15)5-7)20-11-4-2-8(19)6-9(11)13(16,17)18/h1-6H,19H2. The lowest BCUT2D eigenvalue weighted by Crippen LogP contribution is -2.07. The van der Waals surface area contributed by atoms with Gasteiger partial charge in [0.2, 0.25) is 0 Å². The lowest BCUT2D eigenvalue weighted by atomic mass is 10.2. The van der Waals surface area contributed by atoms with Crippen molar-refractivity contribution in [2.24, 2.45) is 0 Å². The van der Waals surface area contributed by atoms with E-state index < -0.39 is 11.7 Å². The molecule has 0 aliphatic carbocycles. The van der Waals surface area contributed by atoms with Gasteiger partial charge in [-0.1, -0.05) is 35.0 Å². The maximum absolute atomic E-state index is 13.0. The van der Waals surface area contributed by atoms with Gasteiger partial charge in [0, 0.05) is 20.5 Å². The quantitative estimate of drug-likeness (QED) is 0.706. The Hall–Kier alpha value is -1.04. The van der Waals surface area contributed by atoms with Crippen molar-refractivity contribution in [3.8, 4) is 0 Å². The van der Waals surface area contributed by atoms with Gasteiger partial charge in [-0.3, -0.25) is 0 Å². The lowest BCUT2D eigenvalue weighted by molar-refractivity contribution is -0.139. The molecule has 0 aromatic heterocycles. The molecule has 0 amide bonds. The summed E-state index contributed by atoms with van der Waals surface area (Å²) in [6, 6.07) is 8.28. The average molecular weight is 338 g/mol. The summed E-state index contributed by atoms with van der Waals surface area (Å²) in [4.78, 5) is 0.530. The van der Waals surface area contributed by atoms with Crippen LogP contribution in [0.1, 0.15) is 5.56 Å². The van der Waals surface area contributed by atoms with E-state index in [0.717, 1.165) is 17.8 Å². The van der Waals surface area contributed by atoms with Crippen LogP contribution in [0, 0.1) is 0 Å². The summed E-state index contributed by atoms with van der Waals surface area (Å²) < 4.78 is 38.9. The highest BCUT2D eigenvalue weighted by molar-refractivity contribution is 7.99. The molecule has 2 rings (SSSR count). The lowest BCUT2D eigenvalue weighted by Gasteiger charge is -2.13. The van der Waals surface area contributed by atoms with Crippen LogP contribution in [-0.4, -0.2) is 0 Å². The summed E-state index contributed by atoms with van der Waals surface area (Å²) in [5.41, 5.74) is 4.69. The van der Waals surface area contributed by atoms with E-state index in [-0.39, 0.29) is 10.6 Å². The maximum Gasteiger partial charge on any atom is 0.417 e. The van der Waals surface area contributed by atoms with Gasteiger partial charge in [-0.15, -0.1) is 0 Å². The molecular weight excluding hydrogens is 330 g/mol. The first kappa shape index (κ1) is 15.4. The van der Waals surface area contributed by atoms with Gasteiger partial charge >= 0.3 is 6.18 Å². The molecule has 0 atom stereocenters. The van der Waals surface area contributed by atoms with Gasteiger partial charge in [0.1, 0.15) is 0 Å². The van der Waals surface area contributed by atoms with Crippen molar-refractivity contribution >= 4 is 40.7 Å². The van der Waals surface area contributed by atoms with Gasteiger partial charge in [0.15, 0.2) is 0 Å². The van der Waals surface area contributed by atoms with Crippen molar-refractivity contribution in [3.63, 3.8) is 0 Å². The molecular formula is C13H8Cl2F3NS. The topological polar surface area (TPSA) is 26.0 Å². The second-order valence-electron chi connectivity index (χ2n) is 3.93. The number of halogens is 5. The predicted molar refractivity (Wildman–Crippen MR) is 76.4 cm³/mol. The molecule has 0 radical (unpaired) electrons. The Morgan fingerprint density at radius 1 is 0.950 bits per heavy atom. The second kappa shape index (κ2) is 5.76. The van der Waals surface area contributed by atoms with Gasteiger partial charge in [-0.2, -0.15) is 13.2 Å². The number of hydrogen-bond acceptors (Lipinski definition) is 2. The van der Waals surface area contributed by atoms with Crippen LogP contribution in [0.5, 0.6) is 0 Å². The fourth-order valence-electron chi connectivity index (χ4n) is 1.53. The van der Waals surface area contributed by atoms with E-state index in [1.165, 1.54) is 18.2 Å². The number of nitrogens with two attached hydrogens (primary N) is 1. The molecule has 0 saturated carbocycles. The van der Waals surface area contributed by atoms with Gasteiger partial charge in [-0.25, -0.2) is 0 Å². The minimum absolute atomic E-state index is 0.0379. The molecule has 0 aliphatic heterocycles. The maximum atomic E-state index is 13.0. The molecule has 106 valence electrons. The third-order valence-corrected chi connectivity index (χ3v) is 4.23. The van der Waals surface area contributed by atoms with Crippen molar-refractivity contribution < 1.29 is 13.2 Å². The molecule has 1 nitrogen and oxygen atoms in total. The first-order valence-corrected chi connectivity index (χ1v) is 6.94. The SMILES string of the molecule is Nc1ccc(Sc2ccc(Cl)cc2Cl)c(C(F)(F)F)c1. The van der Waals surface area contributed by atoms with E-state index in [1.54, 1.807) is 12.1 Å². The minimum atomic E-state index is -4.48. The predicted octanol–water partition coefficient (Wildman–Crippen LogP) is 5.75. The van der Waals surface area contributed by atoms with E-state index in [4.69, 9.17) is 28.9 Å². The van der Waals surface area contributed by atoms with Crippen LogP contribution in [-0.2, 0) is 6.18 Å². The first-order valence-electron chi connectivity index (χ1n) is 5.37. The van der Waals surface area contributed by atoms with Crippen molar-refractivity contribution in [1.29, 1.82) is 0 Å².